The normalized spacial score (nSPS) is 11.5. The third-order valence-corrected chi connectivity index (χ3v) is 3.08. The number of fused-ring (bicyclic) bond motifs is 1. The van der Waals surface area contributed by atoms with E-state index in [1.807, 2.05) is 36.4 Å². The van der Waals surface area contributed by atoms with Crippen molar-refractivity contribution in [1.29, 1.82) is 0 Å². The number of benzene rings is 2. The first-order chi connectivity index (χ1) is 10.3. The van der Waals surface area contributed by atoms with E-state index in [0.717, 1.165) is 22.6 Å². The van der Waals surface area contributed by atoms with Crippen LogP contribution in [0.4, 0.5) is 0 Å². The molecule has 1 heterocycles. The molecule has 0 bridgehead atoms. The molecule has 4 heteroatoms. The molecule has 2 aromatic rings. The Balaban J connectivity index is 1.90. The Kier molecular flexibility index (Phi) is 3.57. The highest BCUT2D eigenvalue weighted by Gasteiger charge is 2.12. The standard InChI is InChI=1S/C17H14O4/c1-18-14-7-13(8-15(10-14)19-2)4-3-12-5-6-16-17(9-12)21-11-20-16/h5-10H,11H2,1-2H3. The van der Waals surface area contributed by atoms with Crippen molar-refractivity contribution in [3.63, 3.8) is 0 Å². The predicted molar refractivity (Wildman–Crippen MR) is 78.1 cm³/mol. The van der Waals surface area contributed by atoms with Crippen LogP contribution in [0.3, 0.4) is 0 Å². The highest BCUT2D eigenvalue weighted by molar-refractivity contribution is 5.53. The Morgan fingerprint density at radius 2 is 1.48 bits per heavy atom. The van der Waals surface area contributed by atoms with Gasteiger partial charge >= 0.3 is 0 Å². The van der Waals surface area contributed by atoms with Crippen molar-refractivity contribution in [3.05, 3.63) is 47.5 Å². The molecule has 0 radical (unpaired) electrons. The lowest BCUT2D eigenvalue weighted by molar-refractivity contribution is 0.174. The Morgan fingerprint density at radius 1 is 0.810 bits per heavy atom. The molecular weight excluding hydrogens is 268 g/mol. The second-order valence-corrected chi connectivity index (χ2v) is 4.42. The van der Waals surface area contributed by atoms with Crippen molar-refractivity contribution < 1.29 is 18.9 Å². The maximum Gasteiger partial charge on any atom is 0.231 e. The SMILES string of the molecule is COc1cc(C#Cc2ccc3c(c2)OCO3)cc(OC)c1. The second-order valence-electron chi connectivity index (χ2n) is 4.42. The zero-order valence-electron chi connectivity index (χ0n) is 11.8. The summed E-state index contributed by atoms with van der Waals surface area (Å²) in [7, 11) is 3.23. The lowest BCUT2D eigenvalue weighted by Crippen LogP contribution is -1.92. The van der Waals surface area contributed by atoms with Crippen LogP contribution in [-0.2, 0) is 0 Å². The number of methoxy groups -OCH3 is 2. The van der Waals surface area contributed by atoms with Gasteiger partial charge in [-0.2, -0.15) is 0 Å². The molecule has 0 aliphatic carbocycles. The van der Waals surface area contributed by atoms with Gasteiger partial charge in [-0.3, -0.25) is 0 Å². The van der Waals surface area contributed by atoms with E-state index in [4.69, 9.17) is 18.9 Å². The number of hydrogen-bond acceptors (Lipinski definition) is 4. The summed E-state index contributed by atoms with van der Waals surface area (Å²) in [6.45, 7) is 0.263. The van der Waals surface area contributed by atoms with Crippen LogP contribution in [0.2, 0.25) is 0 Å². The molecule has 0 unspecified atom stereocenters. The Bertz CT molecular complexity index is 703. The van der Waals surface area contributed by atoms with Crippen LogP contribution >= 0.6 is 0 Å². The summed E-state index contributed by atoms with van der Waals surface area (Å²) in [6.07, 6.45) is 0. The van der Waals surface area contributed by atoms with Gasteiger partial charge < -0.3 is 18.9 Å². The molecular formula is C17H14O4. The van der Waals surface area contributed by atoms with Crippen LogP contribution in [-0.4, -0.2) is 21.0 Å². The van der Waals surface area contributed by atoms with Crippen LogP contribution in [0.5, 0.6) is 23.0 Å². The van der Waals surface area contributed by atoms with Gasteiger partial charge in [-0.15, -0.1) is 0 Å². The third-order valence-electron chi connectivity index (χ3n) is 3.08. The zero-order valence-corrected chi connectivity index (χ0v) is 11.8. The Morgan fingerprint density at radius 3 is 2.19 bits per heavy atom. The molecule has 106 valence electrons. The van der Waals surface area contributed by atoms with Crippen molar-refractivity contribution in [2.45, 2.75) is 0 Å². The van der Waals surface area contributed by atoms with Crippen LogP contribution in [0.15, 0.2) is 36.4 Å². The largest absolute Gasteiger partial charge is 0.497 e. The average Bonchev–Trinajstić information content (AvgIpc) is 3.00. The van der Waals surface area contributed by atoms with Gasteiger partial charge in [0.1, 0.15) is 11.5 Å². The van der Waals surface area contributed by atoms with Gasteiger partial charge in [0.15, 0.2) is 11.5 Å². The minimum absolute atomic E-state index is 0.263. The Labute approximate surface area is 123 Å². The van der Waals surface area contributed by atoms with E-state index in [2.05, 4.69) is 11.8 Å². The fourth-order valence-electron chi connectivity index (χ4n) is 2.00. The van der Waals surface area contributed by atoms with Gasteiger partial charge in [0.05, 0.1) is 14.2 Å². The summed E-state index contributed by atoms with van der Waals surface area (Å²) in [4.78, 5) is 0. The van der Waals surface area contributed by atoms with Crippen molar-refractivity contribution in [3.8, 4) is 34.8 Å². The summed E-state index contributed by atoms with van der Waals surface area (Å²) >= 11 is 0. The molecule has 0 fully saturated rings. The van der Waals surface area contributed by atoms with Gasteiger partial charge in [0.25, 0.3) is 0 Å². The monoisotopic (exact) mass is 282 g/mol. The number of rotatable bonds is 2. The van der Waals surface area contributed by atoms with Crippen molar-refractivity contribution in [1.82, 2.24) is 0 Å². The summed E-state index contributed by atoms with van der Waals surface area (Å²) in [5.74, 6) is 9.10. The van der Waals surface area contributed by atoms with Gasteiger partial charge in [-0.25, -0.2) is 0 Å². The predicted octanol–water partition coefficient (Wildman–Crippen LogP) is 2.83. The van der Waals surface area contributed by atoms with E-state index in [1.165, 1.54) is 0 Å². The fraction of sp³-hybridized carbons (Fsp3) is 0.176. The summed E-state index contributed by atoms with van der Waals surface area (Å²) in [5, 5.41) is 0. The topological polar surface area (TPSA) is 36.9 Å². The first-order valence-electron chi connectivity index (χ1n) is 6.43. The fourth-order valence-corrected chi connectivity index (χ4v) is 2.00. The lowest BCUT2D eigenvalue weighted by atomic mass is 10.1. The van der Waals surface area contributed by atoms with E-state index in [1.54, 1.807) is 14.2 Å². The van der Waals surface area contributed by atoms with Crippen molar-refractivity contribution in [2.75, 3.05) is 21.0 Å². The molecule has 0 saturated carbocycles. The molecule has 0 amide bonds. The van der Waals surface area contributed by atoms with Crippen LogP contribution in [0, 0.1) is 11.8 Å². The maximum absolute atomic E-state index is 5.33. The van der Waals surface area contributed by atoms with Gasteiger partial charge in [0, 0.05) is 17.2 Å². The van der Waals surface area contributed by atoms with Gasteiger partial charge in [-0.05, 0) is 30.3 Å². The first kappa shape index (κ1) is 13.2. The van der Waals surface area contributed by atoms with Crippen LogP contribution < -0.4 is 18.9 Å². The van der Waals surface area contributed by atoms with Crippen LogP contribution in [0.25, 0.3) is 0 Å². The number of ether oxygens (including phenoxy) is 4. The van der Waals surface area contributed by atoms with E-state index in [9.17, 15) is 0 Å². The molecule has 4 nitrogen and oxygen atoms in total. The van der Waals surface area contributed by atoms with Crippen LogP contribution in [0.1, 0.15) is 11.1 Å². The molecule has 0 saturated heterocycles. The number of hydrogen-bond donors (Lipinski definition) is 0. The van der Waals surface area contributed by atoms with Crippen molar-refractivity contribution >= 4 is 0 Å². The summed E-state index contributed by atoms with van der Waals surface area (Å²) in [6, 6.07) is 11.2. The highest BCUT2D eigenvalue weighted by atomic mass is 16.7. The molecule has 0 spiro atoms. The minimum atomic E-state index is 0.263. The minimum Gasteiger partial charge on any atom is -0.497 e. The molecule has 0 aromatic heterocycles. The first-order valence-corrected chi connectivity index (χ1v) is 6.43. The molecule has 21 heavy (non-hydrogen) atoms. The van der Waals surface area contributed by atoms with E-state index >= 15 is 0 Å². The summed E-state index contributed by atoms with van der Waals surface area (Å²) in [5.41, 5.74) is 1.69. The summed E-state index contributed by atoms with van der Waals surface area (Å²) < 4.78 is 21.1. The highest BCUT2D eigenvalue weighted by Crippen LogP contribution is 2.32. The molecule has 1 aliphatic rings. The quantitative estimate of drug-likeness (QED) is 0.794. The lowest BCUT2D eigenvalue weighted by Gasteiger charge is -2.04. The zero-order chi connectivity index (χ0) is 14.7. The third kappa shape index (κ3) is 2.87. The molecule has 0 N–H and O–H groups in total. The molecule has 1 aliphatic heterocycles. The Hall–Kier alpha value is -2.80. The molecule has 3 rings (SSSR count). The van der Waals surface area contributed by atoms with Gasteiger partial charge in [-0.1, -0.05) is 11.8 Å². The van der Waals surface area contributed by atoms with Gasteiger partial charge in [0.2, 0.25) is 6.79 Å². The van der Waals surface area contributed by atoms with E-state index in [-0.39, 0.29) is 6.79 Å². The second kappa shape index (κ2) is 5.68. The maximum atomic E-state index is 5.33. The molecule has 2 aromatic carbocycles. The van der Waals surface area contributed by atoms with E-state index in [0.29, 0.717) is 11.5 Å². The van der Waals surface area contributed by atoms with Crippen molar-refractivity contribution in [2.24, 2.45) is 0 Å². The average molecular weight is 282 g/mol. The molecule has 0 atom stereocenters. The smallest absolute Gasteiger partial charge is 0.231 e. The van der Waals surface area contributed by atoms with E-state index < -0.39 is 0 Å².